The monoisotopic (exact) mass is 432 g/mol. The molecule has 2 aliphatic heterocycles. The van der Waals surface area contributed by atoms with Crippen molar-refractivity contribution in [3.8, 4) is 5.75 Å². The van der Waals surface area contributed by atoms with Crippen LogP contribution in [-0.4, -0.2) is 104 Å². The lowest BCUT2D eigenvalue weighted by Crippen LogP contribution is -2.59. The van der Waals surface area contributed by atoms with Crippen LogP contribution in [0.3, 0.4) is 0 Å². The third-order valence-electron chi connectivity index (χ3n) is 5.25. The molecule has 0 spiro atoms. The minimum atomic E-state index is -1.52. The third-order valence-corrected chi connectivity index (χ3v) is 5.25. The van der Waals surface area contributed by atoms with Crippen LogP contribution in [0.5, 0.6) is 5.75 Å². The van der Waals surface area contributed by atoms with Gasteiger partial charge in [-0.3, -0.25) is 0 Å². The van der Waals surface area contributed by atoms with Crippen molar-refractivity contribution >= 4 is 0 Å². The standard InChI is InChI=1S/C19H28O11/c1-8-12(21)14(23)17(26)19(28-8)29-10-4-2-9(3-5-10)7-27-18-16(25)15(24)13(22)11(6-20)30-18/h2-5,8,11-26H,6-7H2,1H3/t8?,11?,12-,13-,14?,15?,16?,17?,18?,19+/m1/s1. The van der Waals surface area contributed by atoms with Gasteiger partial charge in [-0.1, -0.05) is 12.1 Å². The van der Waals surface area contributed by atoms with Crippen LogP contribution >= 0.6 is 0 Å². The number of benzene rings is 1. The van der Waals surface area contributed by atoms with Crippen LogP contribution in [-0.2, 0) is 20.8 Å². The van der Waals surface area contributed by atoms with Crippen LogP contribution in [0.4, 0.5) is 0 Å². The van der Waals surface area contributed by atoms with Crippen LogP contribution in [0.2, 0.25) is 0 Å². The molecule has 1 aromatic carbocycles. The number of aliphatic hydroxyl groups excluding tert-OH is 7. The molecule has 2 heterocycles. The molecule has 11 heteroatoms. The van der Waals surface area contributed by atoms with Crippen LogP contribution in [0.15, 0.2) is 24.3 Å². The zero-order chi connectivity index (χ0) is 22.0. The van der Waals surface area contributed by atoms with E-state index in [-0.39, 0.29) is 6.61 Å². The number of hydrogen-bond donors (Lipinski definition) is 7. The van der Waals surface area contributed by atoms with Crippen molar-refractivity contribution < 1.29 is 54.7 Å². The largest absolute Gasteiger partial charge is 0.462 e. The van der Waals surface area contributed by atoms with E-state index in [4.69, 9.17) is 18.9 Å². The highest BCUT2D eigenvalue weighted by molar-refractivity contribution is 5.27. The molecule has 3 rings (SSSR count). The van der Waals surface area contributed by atoms with Gasteiger partial charge in [0.15, 0.2) is 6.29 Å². The summed E-state index contributed by atoms with van der Waals surface area (Å²) < 4.78 is 21.6. The molecule has 30 heavy (non-hydrogen) atoms. The zero-order valence-electron chi connectivity index (χ0n) is 16.3. The third kappa shape index (κ3) is 4.92. The average Bonchev–Trinajstić information content (AvgIpc) is 2.75. The minimum absolute atomic E-state index is 0.00648. The van der Waals surface area contributed by atoms with Crippen molar-refractivity contribution in [1.29, 1.82) is 0 Å². The first kappa shape index (κ1) is 23.3. The van der Waals surface area contributed by atoms with Crippen molar-refractivity contribution in [2.75, 3.05) is 6.61 Å². The second-order valence-corrected chi connectivity index (χ2v) is 7.45. The molecular weight excluding hydrogens is 404 g/mol. The molecule has 1 aromatic rings. The van der Waals surface area contributed by atoms with Crippen molar-refractivity contribution in [2.24, 2.45) is 0 Å². The van der Waals surface area contributed by atoms with Gasteiger partial charge < -0.3 is 54.7 Å². The molecule has 0 bridgehead atoms. The molecule has 0 saturated carbocycles. The summed E-state index contributed by atoms with van der Waals surface area (Å²) in [4.78, 5) is 0. The molecule has 0 radical (unpaired) electrons. The lowest BCUT2D eigenvalue weighted by Gasteiger charge is -2.39. The first-order valence-electron chi connectivity index (χ1n) is 9.60. The van der Waals surface area contributed by atoms with Gasteiger partial charge in [0.25, 0.3) is 0 Å². The Morgan fingerprint density at radius 1 is 0.767 bits per heavy atom. The zero-order valence-corrected chi connectivity index (χ0v) is 16.3. The summed E-state index contributed by atoms with van der Waals surface area (Å²) in [6, 6.07) is 6.43. The lowest BCUT2D eigenvalue weighted by atomic mass is 9.99. The van der Waals surface area contributed by atoms with E-state index in [0.29, 0.717) is 11.3 Å². The number of aliphatic hydroxyl groups is 7. The highest BCUT2D eigenvalue weighted by Gasteiger charge is 2.44. The topological polar surface area (TPSA) is 179 Å². The van der Waals surface area contributed by atoms with Gasteiger partial charge in [-0.05, 0) is 24.6 Å². The Bertz CT molecular complexity index is 669. The van der Waals surface area contributed by atoms with Crippen LogP contribution < -0.4 is 4.74 Å². The molecule has 7 N–H and O–H groups in total. The molecule has 10 atom stereocenters. The molecule has 0 amide bonds. The Morgan fingerprint density at radius 3 is 2.00 bits per heavy atom. The molecule has 170 valence electrons. The van der Waals surface area contributed by atoms with Gasteiger partial charge >= 0.3 is 0 Å². The van der Waals surface area contributed by atoms with Crippen LogP contribution in [0, 0.1) is 0 Å². The Labute approximate surface area is 172 Å². The minimum Gasteiger partial charge on any atom is -0.462 e. The fourth-order valence-corrected chi connectivity index (χ4v) is 3.29. The molecular formula is C19H28O11. The second kappa shape index (κ2) is 9.83. The van der Waals surface area contributed by atoms with Crippen molar-refractivity contribution in [1.82, 2.24) is 0 Å². The van der Waals surface area contributed by atoms with Crippen LogP contribution in [0.1, 0.15) is 12.5 Å². The van der Waals surface area contributed by atoms with Crippen LogP contribution in [0.25, 0.3) is 0 Å². The van der Waals surface area contributed by atoms with Gasteiger partial charge in [0.1, 0.15) is 48.5 Å². The predicted octanol–water partition coefficient (Wildman–Crippen LogP) is -2.79. The summed E-state index contributed by atoms with van der Waals surface area (Å²) >= 11 is 0. The highest BCUT2D eigenvalue weighted by atomic mass is 16.7. The van der Waals surface area contributed by atoms with E-state index < -0.39 is 68.0 Å². The van der Waals surface area contributed by atoms with Crippen molar-refractivity contribution in [3.63, 3.8) is 0 Å². The lowest BCUT2D eigenvalue weighted by molar-refractivity contribution is -0.304. The van der Waals surface area contributed by atoms with E-state index in [0.717, 1.165) is 0 Å². The fraction of sp³-hybridized carbons (Fsp3) is 0.684. The highest BCUT2D eigenvalue weighted by Crippen LogP contribution is 2.26. The summed E-state index contributed by atoms with van der Waals surface area (Å²) in [5.74, 6) is 0.339. The molecule has 11 nitrogen and oxygen atoms in total. The Hall–Kier alpha value is -1.38. The second-order valence-electron chi connectivity index (χ2n) is 7.45. The summed E-state index contributed by atoms with van der Waals surface area (Å²) in [6.45, 7) is 0.999. The van der Waals surface area contributed by atoms with E-state index in [1.54, 1.807) is 31.2 Å². The molecule has 2 aliphatic rings. The van der Waals surface area contributed by atoms with Gasteiger partial charge in [0, 0.05) is 0 Å². The summed E-state index contributed by atoms with van der Waals surface area (Å²) in [7, 11) is 0. The van der Waals surface area contributed by atoms with E-state index in [1.165, 1.54) is 0 Å². The maximum atomic E-state index is 10.0. The van der Waals surface area contributed by atoms with Gasteiger partial charge in [-0.15, -0.1) is 0 Å². The predicted molar refractivity (Wildman–Crippen MR) is 98.0 cm³/mol. The van der Waals surface area contributed by atoms with Gasteiger partial charge in [0.05, 0.1) is 19.3 Å². The molecule has 0 aliphatic carbocycles. The normalized spacial score (nSPS) is 42.1. The van der Waals surface area contributed by atoms with E-state index >= 15 is 0 Å². The molecule has 2 fully saturated rings. The Morgan fingerprint density at radius 2 is 1.37 bits per heavy atom. The first-order chi connectivity index (χ1) is 14.2. The Kier molecular flexibility index (Phi) is 7.63. The number of rotatable bonds is 6. The van der Waals surface area contributed by atoms with Gasteiger partial charge in [-0.2, -0.15) is 0 Å². The van der Waals surface area contributed by atoms with Gasteiger partial charge in [0.2, 0.25) is 6.29 Å². The smallest absolute Gasteiger partial charge is 0.229 e. The number of hydrogen-bond acceptors (Lipinski definition) is 11. The Balaban J connectivity index is 1.55. The summed E-state index contributed by atoms with van der Waals surface area (Å²) in [5.41, 5.74) is 0.660. The quantitative estimate of drug-likeness (QED) is 0.247. The number of ether oxygens (including phenoxy) is 4. The summed E-state index contributed by atoms with van der Waals surface area (Å²) in [5, 5.41) is 68.3. The van der Waals surface area contributed by atoms with E-state index in [2.05, 4.69) is 0 Å². The first-order valence-corrected chi connectivity index (χ1v) is 9.60. The fourth-order valence-electron chi connectivity index (χ4n) is 3.29. The molecule has 2 saturated heterocycles. The average molecular weight is 432 g/mol. The maximum Gasteiger partial charge on any atom is 0.229 e. The van der Waals surface area contributed by atoms with Gasteiger partial charge in [-0.25, -0.2) is 0 Å². The van der Waals surface area contributed by atoms with Crippen molar-refractivity contribution in [2.45, 2.75) is 74.9 Å². The van der Waals surface area contributed by atoms with Crippen molar-refractivity contribution in [3.05, 3.63) is 29.8 Å². The summed E-state index contributed by atoms with van der Waals surface area (Å²) in [6.07, 6.45) is -12.7. The molecule has 7 unspecified atom stereocenters. The maximum absolute atomic E-state index is 10.0. The van der Waals surface area contributed by atoms with E-state index in [9.17, 15) is 35.7 Å². The SMILES string of the molecule is CC1O[C@@H](Oc2ccc(COC3OC(CO)[C@@H](O)C(O)C3O)cc2)C(O)C(O)[C@@H]1O. The van der Waals surface area contributed by atoms with E-state index in [1.807, 2.05) is 0 Å². The molecule has 0 aromatic heterocycles.